The van der Waals surface area contributed by atoms with Crippen molar-refractivity contribution < 1.29 is 4.39 Å². The maximum Gasteiger partial charge on any atom is 0.130 e. The molecule has 11 heavy (non-hydrogen) atoms. The van der Waals surface area contributed by atoms with E-state index in [2.05, 4.69) is 11.0 Å². The van der Waals surface area contributed by atoms with Gasteiger partial charge in [-0.1, -0.05) is 0 Å². The zero-order valence-electron chi connectivity index (χ0n) is 6.39. The second-order valence-electron chi connectivity index (χ2n) is 3.52. The Kier molecular flexibility index (Phi) is 1.40. The van der Waals surface area contributed by atoms with Crippen molar-refractivity contribution >= 4 is 0 Å². The molecule has 0 aromatic carbocycles. The molecule has 3 heterocycles. The van der Waals surface area contributed by atoms with Crippen molar-refractivity contribution in [1.29, 1.82) is 5.26 Å². The van der Waals surface area contributed by atoms with Gasteiger partial charge >= 0.3 is 0 Å². The fourth-order valence-corrected chi connectivity index (χ4v) is 2.03. The molecule has 3 rings (SSSR count). The highest BCUT2D eigenvalue weighted by molar-refractivity contribution is 5.07. The SMILES string of the molecule is N#C[C@H]1CN2CCC1(F)CC2. The van der Waals surface area contributed by atoms with Gasteiger partial charge in [-0.05, 0) is 12.8 Å². The molecule has 0 N–H and O–H groups in total. The Morgan fingerprint density at radius 3 is 2.45 bits per heavy atom. The van der Waals surface area contributed by atoms with E-state index in [0.29, 0.717) is 19.4 Å². The van der Waals surface area contributed by atoms with Crippen LogP contribution >= 0.6 is 0 Å². The summed E-state index contributed by atoms with van der Waals surface area (Å²) in [7, 11) is 0. The second-order valence-corrected chi connectivity index (χ2v) is 3.52. The van der Waals surface area contributed by atoms with Gasteiger partial charge in [0, 0.05) is 19.6 Å². The molecule has 3 aliphatic rings. The summed E-state index contributed by atoms with van der Waals surface area (Å²) in [4.78, 5) is 2.18. The van der Waals surface area contributed by atoms with Crippen molar-refractivity contribution in [2.24, 2.45) is 5.92 Å². The molecule has 0 radical (unpaired) electrons. The molecule has 0 aromatic heterocycles. The van der Waals surface area contributed by atoms with Crippen LogP contribution in [0.5, 0.6) is 0 Å². The van der Waals surface area contributed by atoms with Crippen LogP contribution < -0.4 is 0 Å². The molecule has 60 valence electrons. The van der Waals surface area contributed by atoms with Crippen LogP contribution in [-0.2, 0) is 0 Å². The lowest BCUT2D eigenvalue weighted by Crippen LogP contribution is -2.55. The molecule has 1 atom stereocenters. The Morgan fingerprint density at radius 2 is 2.09 bits per heavy atom. The van der Waals surface area contributed by atoms with E-state index in [-0.39, 0.29) is 5.92 Å². The van der Waals surface area contributed by atoms with Crippen LogP contribution in [0, 0.1) is 17.2 Å². The van der Waals surface area contributed by atoms with Crippen molar-refractivity contribution in [1.82, 2.24) is 4.90 Å². The molecule has 3 fully saturated rings. The van der Waals surface area contributed by atoms with Gasteiger partial charge < -0.3 is 4.90 Å². The molecule has 2 bridgehead atoms. The maximum atomic E-state index is 13.8. The van der Waals surface area contributed by atoms with E-state index in [1.54, 1.807) is 0 Å². The van der Waals surface area contributed by atoms with Crippen molar-refractivity contribution in [2.45, 2.75) is 18.5 Å². The lowest BCUT2D eigenvalue weighted by atomic mass is 9.77. The van der Waals surface area contributed by atoms with E-state index in [9.17, 15) is 4.39 Å². The summed E-state index contributed by atoms with van der Waals surface area (Å²) in [6.45, 7) is 2.33. The summed E-state index contributed by atoms with van der Waals surface area (Å²) in [6.07, 6.45) is 1.12. The molecule has 0 aliphatic carbocycles. The third kappa shape index (κ3) is 0.935. The minimum absolute atomic E-state index is 0.370. The molecule has 0 unspecified atom stereocenters. The Labute approximate surface area is 65.6 Å². The smallest absolute Gasteiger partial charge is 0.130 e. The van der Waals surface area contributed by atoms with Gasteiger partial charge in [0.2, 0.25) is 0 Å². The van der Waals surface area contributed by atoms with Gasteiger partial charge in [-0.25, -0.2) is 4.39 Å². The zero-order chi connectivity index (χ0) is 7.90. The number of alkyl halides is 1. The molecule has 3 saturated heterocycles. The fraction of sp³-hybridized carbons (Fsp3) is 0.875. The molecule has 2 nitrogen and oxygen atoms in total. The van der Waals surface area contributed by atoms with Gasteiger partial charge in [0.1, 0.15) is 5.67 Å². The highest BCUT2D eigenvalue weighted by atomic mass is 19.1. The Hall–Kier alpha value is -0.620. The highest BCUT2D eigenvalue weighted by Gasteiger charge is 2.47. The lowest BCUT2D eigenvalue weighted by molar-refractivity contribution is -0.0378. The summed E-state index contributed by atoms with van der Waals surface area (Å²) in [6, 6.07) is 2.06. The van der Waals surface area contributed by atoms with Gasteiger partial charge in [0.05, 0.1) is 12.0 Å². The number of halogens is 1. The first kappa shape index (κ1) is 7.05. The highest BCUT2D eigenvalue weighted by Crippen LogP contribution is 2.39. The minimum atomic E-state index is -1.15. The lowest BCUT2D eigenvalue weighted by Gasteiger charge is -2.46. The van der Waals surface area contributed by atoms with Crippen molar-refractivity contribution in [2.75, 3.05) is 19.6 Å². The van der Waals surface area contributed by atoms with Crippen LogP contribution in [0.25, 0.3) is 0 Å². The number of fused-ring (bicyclic) bond motifs is 3. The summed E-state index contributed by atoms with van der Waals surface area (Å²) in [5, 5.41) is 8.66. The first-order chi connectivity index (χ1) is 5.24. The predicted molar refractivity (Wildman–Crippen MR) is 38.6 cm³/mol. The summed E-state index contributed by atoms with van der Waals surface area (Å²) in [5.74, 6) is -0.370. The zero-order valence-corrected chi connectivity index (χ0v) is 6.39. The number of nitriles is 1. The molecule has 3 heteroatoms. The molecule has 3 aliphatic heterocycles. The van der Waals surface area contributed by atoms with Crippen molar-refractivity contribution in [3.8, 4) is 6.07 Å². The average Bonchev–Trinajstić information content (AvgIpc) is 2.05. The quantitative estimate of drug-likeness (QED) is 0.519. The van der Waals surface area contributed by atoms with E-state index in [1.807, 2.05) is 0 Å². The van der Waals surface area contributed by atoms with Crippen LogP contribution in [0.3, 0.4) is 0 Å². The van der Waals surface area contributed by atoms with Gasteiger partial charge in [-0.2, -0.15) is 5.26 Å². The average molecular weight is 154 g/mol. The van der Waals surface area contributed by atoms with E-state index < -0.39 is 5.67 Å². The first-order valence-corrected chi connectivity index (χ1v) is 4.05. The van der Waals surface area contributed by atoms with Crippen LogP contribution in [0.1, 0.15) is 12.8 Å². The Morgan fingerprint density at radius 1 is 1.45 bits per heavy atom. The monoisotopic (exact) mass is 154 g/mol. The molecule has 0 amide bonds. The van der Waals surface area contributed by atoms with Crippen molar-refractivity contribution in [3.63, 3.8) is 0 Å². The Balaban J connectivity index is 2.21. The number of nitrogens with zero attached hydrogens (tertiary/aromatic N) is 2. The van der Waals surface area contributed by atoms with E-state index >= 15 is 0 Å². The predicted octanol–water partition coefficient (Wildman–Crippen LogP) is 0.944. The Bertz CT molecular complexity index is 201. The van der Waals surface area contributed by atoms with Crippen LogP contribution in [-0.4, -0.2) is 30.2 Å². The third-order valence-corrected chi connectivity index (χ3v) is 2.91. The number of hydrogen-bond acceptors (Lipinski definition) is 2. The van der Waals surface area contributed by atoms with Gasteiger partial charge in [0.15, 0.2) is 0 Å². The maximum absolute atomic E-state index is 13.8. The van der Waals surface area contributed by atoms with Crippen LogP contribution in [0.4, 0.5) is 4.39 Å². The summed E-state index contributed by atoms with van der Waals surface area (Å²) < 4.78 is 13.8. The molecular formula is C8H11FN2. The van der Waals surface area contributed by atoms with Crippen LogP contribution in [0.2, 0.25) is 0 Å². The number of piperidine rings is 3. The van der Waals surface area contributed by atoms with Crippen LogP contribution in [0.15, 0.2) is 0 Å². The van der Waals surface area contributed by atoms with E-state index in [0.717, 1.165) is 13.1 Å². The third-order valence-electron chi connectivity index (χ3n) is 2.91. The molecule has 0 saturated carbocycles. The van der Waals surface area contributed by atoms with Gasteiger partial charge in [0.25, 0.3) is 0 Å². The standard InChI is InChI=1S/C8H11FN2/c9-8-1-3-11(4-2-8)6-7(8)5-10/h7H,1-4,6H2/t7-/m0/s1. The van der Waals surface area contributed by atoms with E-state index in [4.69, 9.17) is 5.26 Å². The number of rotatable bonds is 0. The molecular weight excluding hydrogens is 143 g/mol. The fourth-order valence-electron chi connectivity index (χ4n) is 2.03. The van der Waals surface area contributed by atoms with Gasteiger partial charge in [-0.15, -0.1) is 0 Å². The molecule has 0 spiro atoms. The first-order valence-electron chi connectivity index (χ1n) is 4.05. The normalized spacial score (nSPS) is 48.7. The summed E-state index contributed by atoms with van der Waals surface area (Å²) in [5.41, 5.74) is -1.15. The van der Waals surface area contributed by atoms with Crippen molar-refractivity contribution in [3.05, 3.63) is 0 Å². The number of hydrogen-bond donors (Lipinski definition) is 0. The largest absolute Gasteiger partial charge is 0.302 e. The topological polar surface area (TPSA) is 27.0 Å². The molecule has 0 aromatic rings. The van der Waals surface area contributed by atoms with E-state index in [1.165, 1.54) is 0 Å². The minimum Gasteiger partial charge on any atom is -0.302 e. The summed E-state index contributed by atoms with van der Waals surface area (Å²) >= 11 is 0. The van der Waals surface area contributed by atoms with Gasteiger partial charge in [-0.3, -0.25) is 0 Å². The second kappa shape index (κ2) is 2.18.